The number of nitrogens with zero attached hydrogens (tertiary/aromatic N) is 4. The van der Waals surface area contributed by atoms with Crippen molar-refractivity contribution in [2.45, 2.75) is 70.8 Å². The number of piperidine rings is 2. The third kappa shape index (κ3) is 6.27. The van der Waals surface area contributed by atoms with Crippen molar-refractivity contribution in [1.29, 1.82) is 0 Å². The van der Waals surface area contributed by atoms with E-state index in [0.29, 0.717) is 25.4 Å². The first-order valence-corrected chi connectivity index (χ1v) is 14.4. The summed E-state index contributed by atoms with van der Waals surface area (Å²) in [7, 11) is -3.10. The second-order valence-corrected chi connectivity index (χ2v) is 11.6. The van der Waals surface area contributed by atoms with Crippen LogP contribution in [0.4, 0.5) is 5.95 Å². The molecule has 186 valence electrons. The number of hydrogen-bond acceptors (Lipinski definition) is 6. The zero-order valence-electron chi connectivity index (χ0n) is 20.5. The molecule has 0 spiro atoms. The molecule has 0 amide bonds. The minimum absolute atomic E-state index is 0.187. The van der Waals surface area contributed by atoms with Gasteiger partial charge >= 0.3 is 0 Å². The minimum Gasteiger partial charge on any atom is -0.490 e. The van der Waals surface area contributed by atoms with E-state index in [2.05, 4.69) is 40.0 Å². The largest absolute Gasteiger partial charge is 0.490 e. The Bertz CT molecular complexity index is 1010. The maximum atomic E-state index is 12.4. The molecule has 0 N–H and O–H groups in total. The maximum Gasteiger partial charge on any atom is 0.225 e. The lowest BCUT2D eigenvalue weighted by Gasteiger charge is -2.33. The van der Waals surface area contributed by atoms with E-state index in [4.69, 9.17) is 4.74 Å². The third-order valence-corrected chi connectivity index (χ3v) is 8.97. The first-order chi connectivity index (χ1) is 16.5. The van der Waals surface area contributed by atoms with E-state index in [1.807, 2.05) is 25.4 Å². The molecule has 0 atom stereocenters. The number of hydrogen-bond donors (Lipinski definition) is 0. The van der Waals surface area contributed by atoms with Crippen molar-refractivity contribution in [3.05, 3.63) is 47.8 Å². The van der Waals surface area contributed by atoms with Crippen molar-refractivity contribution in [2.75, 3.05) is 36.8 Å². The molecule has 2 aliphatic rings. The summed E-state index contributed by atoms with van der Waals surface area (Å²) in [5.41, 5.74) is 2.45. The number of anilines is 1. The van der Waals surface area contributed by atoms with Gasteiger partial charge in [0.15, 0.2) is 0 Å². The van der Waals surface area contributed by atoms with Gasteiger partial charge in [0, 0.05) is 51.4 Å². The fourth-order valence-corrected chi connectivity index (χ4v) is 6.53. The molecule has 2 aromatic rings. The molecule has 0 aliphatic carbocycles. The lowest BCUT2D eigenvalue weighted by atomic mass is 9.90. The van der Waals surface area contributed by atoms with Gasteiger partial charge in [0.25, 0.3) is 0 Å². The van der Waals surface area contributed by atoms with Crippen molar-refractivity contribution in [2.24, 2.45) is 0 Å². The van der Waals surface area contributed by atoms with Crippen molar-refractivity contribution in [3.63, 3.8) is 0 Å². The molecule has 0 bridgehead atoms. The highest BCUT2D eigenvalue weighted by Gasteiger charge is 2.28. The lowest BCUT2D eigenvalue weighted by Crippen LogP contribution is -2.39. The summed E-state index contributed by atoms with van der Waals surface area (Å²) < 4.78 is 32.7. The average molecular weight is 487 g/mol. The van der Waals surface area contributed by atoms with Crippen LogP contribution in [0.25, 0.3) is 0 Å². The van der Waals surface area contributed by atoms with E-state index in [0.717, 1.165) is 63.3 Å². The SMILES string of the molecule is CCCc1cnc(N2CCC(Oc3cccc(C4CCN(S(=O)(=O)CCC)CC4)c3)CC2)nc1. The summed E-state index contributed by atoms with van der Waals surface area (Å²) in [5, 5.41) is 0. The van der Waals surface area contributed by atoms with Crippen LogP contribution in [0.5, 0.6) is 5.75 Å². The number of aryl methyl sites for hydroxylation is 1. The van der Waals surface area contributed by atoms with Gasteiger partial charge in [0.2, 0.25) is 16.0 Å². The summed E-state index contributed by atoms with van der Waals surface area (Å²) in [5.74, 6) is 2.35. The van der Waals surface area contributed by atoms with E-state index in [9.17, 15) is 8.42 Å². The lowest BCUT2D eigenvalue weighted by molar-refractivity contribution is 0.170. The topological polar surface area (TPSA) is 75.6 Å². The van der Waals surface area contributed by atoms with Crippen molar-refractivity contribution < 1.29 is 13.2 Å². The van der Waals surface area contributed by atoms with Crippen LogP contribution in [0.15, 0.2) is 36.7 Å². The van der Waals surface area contributed by atoms with E-state index >= 15 is 0 Å². The Morgan fingerprint density at radius 2 is 1.68 bits per heavy atom. The van der Waals surface area contributed by atoms with Crippen LogP contribution in [0.2, 0.25) is 0 Å². The predicted octanol–water partition coefficient (Wildman–Crippen LogP) is 4.40. The van der Waals surface area contributed by atoms with E-state index in [1.54, 1.807) is 4.31 Å². The fourth-order valence-electron chi connectivity index (χ4n) is 4.99. The molecule has 1 aromatic heterocycles. The molecule has 34 heavy (non-hydrogen) atoms. The fraction of sp³-hybridized carbons (Fsp3) is 0.615. The highest BCUT2D eigenvalue weighted by Crippen LogP contribution is 2.32. The average Bonchev–Trinajstić information content (AvgIpc) is 2.86. The van der Waals surface area contributed by atoms with Gasteiger partial charge in [0.1, 0.15) is 11.9 Å². The van der Waals surface area contributed by atoms with Gasteiger partial charge in [-0.1, -0.05) is 32.4 Å². The second kappa shape index (κ2) is 11.5. The third-order valence-electron chi connectivity index (χ3n) is 6.90. The smallest absolute Gasteiger partial charge is 0.225 e. The molecule has 4 rings (SSSR count). The predicted molar refractivity (Wildman–Crippen MR) is 136 cm³/mol. The van der Waals surface area contributed by atoms with Gasteiger partial charge < -0.3 is 9.64 Å². The standard InChI is InChI=1S/C26H38N4O3S/c1-3-6-21-19-27-26(28-20-21)29-13-11-24(12-14-29)33-25-8-5-7-23(18-25)22-9-15-30(16-10-22)34(31,32)17-4-2/h5,7-8,18-20,22,24H,3-4,6,9-17H2,1-2H3. The Morgan fingerprint density at radius 3 is 2.32 bits per heavy atom. The Hall–Kier alpha value is -2.19. The summed E-state index contributed by atoms with van der Waals surface area (Å²) in [4.78, 5) is 11.4. The molecule has 0 unspecified atom stereocenters. The molecule has 1 aromatic carbocycles. The summed E-state index contributed by atoms with van der Waals surface area (Å²) in [6.45, 7) is 7.08. The van der Waals surface area contributed by atoms with Gasteiger partial charge in [-0.15, -0.1) is 0 Å². The number of rotatable bonds is 9. The van der Waals surface area contributed by atoms with Crippen molar-refractivity contribution in [1.82, 2.24) is 14.3 Å². The van der Waals surface area contributed by atoms with Crippen LogP contribution >= 0.6 is 0 Å². The van der Waals surface area contributed by atoms with E-state index in [-0.39, 0.29) is 11.9 Å². The number of aromatic nitrogens is 2. The summed E-state index contributed by atoms with van der Waals surface area (Å²) in [6.07, 6.45) is 10.5. The van der Waals surface area contributed by atoms with Crippen LogP contribution < -0.4 is 9.64 Å². The number of benzene rings is 1. The molecule has 2 aliphatic heterocycles. The minimum atomic E-state index is -3.10. The summed E-state index contributed by atoms with van der Waals surface area (Å²) in [6, 6.07) is 8.40. The highest BCUT2D eigenvalue weighted by molar-refractivity contribution is 7.89. The molecular weight excluding hydrogens is 448 g/mol. The van der Waals surface area contributed by atoms with Crippen molar-refractivity contribution in [3.8, 4) is 5.75 Å². The monoisotopic (exact) mass is 486 g/mol. The van der Waals surface area contributed by atoms with Crippen LogP contribution in [-0.4, -0.2) is 60.7 Å². The van der Waals surface area contributed by atoms with Crippen LogP contribution in [0.3, 0.4) is 0 Å². The van der Waals surface area contributed by atoms with Gasteiger partial charge in [0.05, 0.1) is 5.75 Å². The zero-order valence-corrected chi connectivity index (χ0v) is 21.3. The van der Waals surface area contributed by atoms with E-state index in [1.165, 1.54) is 11.1 Å². The zero-order chi connectivity index (χ0) is 24.0. The number of ether oxygens (including phenoxy) is 1. The Balaban J connectivity index is 1.28. The quantitative estimate of drug-likeness (QED) is 0.523. The Labute approximate surface area is 204 Å². The Kier molecular flexibility index (Phi) is 8.42. The van der Waals surface area contributed by atoms with Gasteiger partial charge in [-0.05, 0) is 54.9 Å². The molecule has 2 saturated heterocycles. The molecule has 3 heterocycles. The number of sulfonamides is 1. The van der Waals surface area contributed by atoms with E-state index < -0.39 is 10.0 Å². The van der Waals surface area contributed by atoms with Crippen LogP contribution in [0, 0.1) is 0 Å². The first-order valence-electron chi connectivity index (χ1n) is 12.8. The van der Waals surface area contributed by atoms with Gasteiger partial charge in [-0.3, -0.25) is 0 Å². The second-order valence-electron chi connectivity index (χ2n) is 9.51. The van der Waals surface area contributed by atoms with Crippen LogP contribution in [-0.2, 0) is 16.4 Å². The maximum absolute atomic E-state index is 12.4. The molecule has 8 heteroatoms. The normalized spacial score (nSPS) is 18.8. The first kappa shape index (κ1) is 24.9. The van der Waals surface area contributed by atoms with Gasteiger partial charge in [-0.25, -0.2) is 22.7 Å². The van der Waals surface area contributed by atoms with Crippen LogP contribution in [0.1, 0.15) is 69.4 Å². The molecule has 0 saturated carbocycles. The highest BCUT2D eigenvalue weighted by atomic mass is 32.2. The molecular formula is C26H38N4O3S. The van der Waals surface area contributed by atoms with Crippen molar-refractivity contribution >= 4 is 16.0 Å². The molecule has 0 radical (unpaired) electrons. The molecule has 2 fully saturated rings. The molecule has 7 nitrogen and oxygen atoms in total. The van der Waals surface area contributed by atoms with Gasteiger partial charge in [-0.2, -0.15) is 0 Å². The Morgan fingerprint density at radius 1 is 0.971 bits per heavy atom. The summed E-state index contributed by atoms with van der Waals surface area (Å²) >= 11 is 0.